The van der Waals surface area contributed by atoms with Crippen LogP contribution < -0.4 is 5.32 Å². The minimum Gasteiger partial charge on any atom is -0.385 e. The average molecular weight is 224 g/mol. The van der Waals surface area contributed by atoms with Gasteiger partial charge in [-0.1, -0.05) is 19.3 Å². The van der Waals surface area contributed by atoms with Gasteiger partial charge in [0.05, 0.1) is 12.0 Å². The van der Waals surface area contributed by atoms with Crippen LogP contribution >= 0.6 is 0 Å². The molecule has 16 heavy (non-hydrogen) atoms. The second kappa shape index (κ2) is 7.65. The van der Waals surface area contributed by atoms with E-state index >= 15 is 0 Å². The maximum atomic E-state index is 9.16. The molecule has 0 aromatic heterocycles. The Kier molecular flexibility index (Phi) is 6.44. The maximum Gasteiger partial charge on any atom is 0.0672 e. The fourth-order valence-corrected chi connectivity index (χ4v) is 2.41. The van der Waals surface area contributed by atoms with Gasteiger partial charge in [0.2, 0.25) is 0 Å². The normalized spacial score (nSPS) is 28.1. The maximum absolute atomic E-state index is 9.16. The van der Waals surface area contributed by atoms with E-state index in [9.17, 15) is 0 Å². The van der Waals surface area contributed by atoms with Gasteiger partial charge in [-0.15, -0.1) is 0 Å². The summed E-state index contributed by atoms with van der Waals surface area (Å²) in [6, 6.07) is 3.29. The van der Waals surface area contributed by atoms with Crippen molar-refractivity contribution in [3.05, 3.63) is 0 Å². The molecule has 1 rings (SSSR count). The van der Waals surface area contributed by atoms with E-state index in [4.69, 9.17) is 10.00 Å². The average Bonchev–Trinajstić information content (AvgIpc) is 2.51. The predicted molar refractivity (Wildman–Crippen MR) is 65.1 cm³/mol. The smallest absolute Gasteiger partial charge is 0.0672 e. The summed E-state index contributed by atoms with van der Waals surface area (Å²) in [6.07, 6.45) is 6.98. The molecular weight excluding hydrogens is 200 g/mol. The molecule has 1 fully saturated rings. The molecule has 0 spiro atoms. The molecule has 3 nitrogen and oxygen atoms in total. The lowest BCUT2D eigenvalue weighted by molar-refractivity contribution is 0.180. The summed E-state index contributed by atoms with van der Waals surface area (Å²) in [4.78, 5) is 0. The minimum absolute atomic E-state index is 0.201. The first-order valence-electron chi connectivity index (χ1n) is 6.42. The van der Waals surface area contributed by atoms with Crippen LogP contribution in [0.4, 0.5) is 0 Å². The van der Waals surface area contributed by atoms with E-state index in [1.807, 2.05) is 0 Å². The fraction of sp³-hybridized carbons (Fsp3) is 0.923. The van der Waals surface area contributed by atoms with Gasteiger partial charge in [0.25, 0.3) is 0 Å². The molecule has 0 heterocycles. The number of nitriles is 1. The van der Waals surface area contributed by atoms with E-state index in [1.165, 1.54) is 19.3 Å². The highest BCUT2D eigenvalue weighted by molar-refractivity contribution is 4.94. The summed E-state index contributed by atoms with van der Waals surface area (Å²) in [5.74, 6) is 0.201. The van der Waals surface area contributed by atoms with Gasteiger partial charge in [0.1, 0.15) is 0 Å². The standard InChI is InChI=1S/C13H24N2O/c1-11(8-9-16-2)15-13-7-5-3-4-6-12(13)10-14/h11-13,15H,3-9H2,1-2H3. The summed E-state index contributed by atoms with van der Waals surface area (Å²) in [5.41, 5.74) is 0. The molecule has 1 aliphatic rings. The lowest BCUT2D eigenvalue weighted by Gasteiger charge is -2.25. The molecule has 92 valence electrons. The first-order valence-corrected chi connectivity index (χ1v) is 6.42. The van der Waals surface area contributed by atoms with E-state index in [2.05, 4.69) is 18.3 Å². The first-order chi connectivity index (χ1) is 7.77. The van der Waals surface area contributed by atoms with Crippen LogP contribution in [0.15, 0.2) is 0 Å². The van der Waals surface area contributed by atoms with Crippen LogP contribution in [0.2, 0.25) is 0 Å². The number of hydrogen-bond donors (Lipinski definition) is 1. The minimum atomic E-state index is 0.201. The monoisotopic (exact) mass is 224 g/mol. The second-order valence-corrected chi connectivity index (χ2v) is 4.83. The Bertz CT molecular complexity index is 224. The predicted octanol–water partition coefficient (Wildman–Crippen LogP) is 2.47. The molecule has 3 unspecified atom stereocenters. The number of ether oxygens (including phenoxy) is 1. The highest BCUT2D eigenvalue weighted by Crippen LogP contribution is 2.23. The quantitative estimate of drug-likeness (QED) is 0.730. The number of methoxy groups -OCH3 is 1. The second-order valence-electron chi connectivity index (χ2n) is 4.83. The molecule has 1 aliphatic carbocycles. The third-order valence-corrected chi connectivity index (χ3v) is 3.44. The van der Waals surface area contributed by atoms with Gasteiger partial charge >= 0.3 is 0 Å². The zero-order chi connectivity index (χ0) is 11.8. The van der Waals surface area contributed by atoms with Crippen LogP contribution in [-0.4, -0.2) is 25.8 Å². The lowest BCUT2D eigenvalue weighted by Crippen LogP contribution is -2.41. The molecule has 3 heteroatoms. The van der Waals surface area contributed by atoms with Gasteiger partial charge in [0, 0.05) is 25.8 Å². The fourth-order valence-electron chi connectivity index (χ4n) is 2.41. The van der Waals surface area contributed by atoms with Crippen molar-refractivity contribution in [3.8, 4) is 6.07 Å². The molecular formula is C13H24N2O. The summed E-state index contributed by atoms with van der Waals surface area (Å²) in [5, 5.41) is 12.8. The largest absolute Gasteiger partial charge is 0.385 e. The Hall–Kier alpha value is -0.590. The molecule has 0 aliphatic heterocycles. The van der Waals surface area contributed by atoms with E-state index in [1.54, 1.807) is 7.11 Å². The number of rotatable bonds is 5. The molecule has 0 radical (unpaired) electrons. The Morgan fingerprint density at radius 2 is 2.12 bits per heavy atom. The third-order valence-electron chi connectivity index (χ3n) is 3.44. The molecule has 0 bridgehead atoms. The molecule has 1 N–H and O–H groups in total. The van der Waals surface area contributed by atoms with Crippen LogP contribution in [0.3, 0.4) is 0 Å². The van der Waals surface area contributed by atoms with Crippen molar-refractivity contribution in [2.24, 2.45) is 5.92 Å². The van der Waals surface area contributed by atoms with Gasteiger partial charge in [-0.25, -0.2) is 0 Å². The Morgan fingerprint density at radius 3 is 2.81 bits per heavy atom. The van der Waals surface area contributed by atoms with Crippen molar-refractivity contribution in [2.45, 2.75) is 57.5 Å². The molecule has 3 atom stereocenters. The van der Waals surface area contributed by atoms with E-state index < -0.39 is 0 Å². The van der Waals surface area contributed by atoms with Gasteiger partial charge in [-0.3, -0.25) is 0 Å². The van der Waals surface area contributed by atoms with Gasteiger partial charge in [-0.2, -0.15) is 5.26 Å². The van der Waals surface area contributed by atoms with E-state index in [0.717, 1.165) is 25.9 Å². The third kappa shape index (κ3) is 4.51. The van der Waals surface area contributed by atoms with Crippen molar-refractivity contribution in [2.75, 3.05) is 13.7 Å². The Labute approximate surface area is 99.2 Å². The lowest BCUT2D eigenvalue weighted by atomic mass is 9.95. The number of nitrogens with zero attached hydrogens (tertiary/aromatic N) is 1. The van der Waals surface area contributed by atoms with Crippen molar-refractivity contribution >= 4 is 0 Å². The van der Waals surface area contributed by atoms with Crippen LogP contribution in [0.25, 0.3) is 0 Å². The van der Waals surface area contributed by atoms with Crippen LogP contribution in [0, 0.1) is 17.2 Å². The summed E-state index contributed by atoms with van der Waals surface area (Å²) >= 11 is 0. The van der Waals surface area contributed by atoms with Crippen LogP contribution in [-0.2, 0) is 4.74 Å². The SMILES string of the molecule is COCCC(C)NC1CCCCCC1C#N. The first kappa shape index (κ1) is 13.5. The topological polar surface area (TPSA) is 45.0 Å². The van der Waals surface area contributed by atoms with Crippen molar-refractivity contribution in [3.63, 3.8) is 0 Å². The molecule has 0 aromatic carbocycles. The van der Waals surface area contributed by atoms with Crippen molar-refractivity contribution in [1.29, 1.82) is 5.26 Å². The number of nitrogens with one attached hydrogen (secondary N) is 1. The Morgan fingerprint density at radius 1 is 1.38 bits per heavy atom. The highest BCUT2D eigenvalue weighted by Gasteiger charge is 2.24. The van der Waals surface area contributed by atoms with Crippen molar-refractivity contribution < 1.29 is 4.74 Å². The van der Waals surface area contributed by atoms with E-state index in [0.29, 0.717) is 12.1 Å². The Balaban J connectivity index is 2.39. The highest BCUT2D eigenvalue weighted by atomic mass is 16.5. The summed E-state index contributed by atoms with van der Waals surface area (Å²) in [7, 11) is 1.73. The van der Waals surface area contributed by atoms with Gasteiger partial charge < -0.3 is 10.1 Å². The zero-order valence-electron chi connectivity index (χ0n) is 10.5. The van der Waals surface area contributed by atoms with Gasteiger partial charge in [0.15, 0.2) is 0 Å². The zero-order valence-corrected chi connectivity index (χ0v) is 10.5. The van der Waals surface area contributed by atoms with Gasteiger partial charge in [-0.05, 0) is 26.2 Å². The van der Waals surface area contributed by atoms with Crippen LogP contribution in [0.5, 0.6) is 0 Å². The van der Waals surface area contributed by atoms with Crippen LogP contribution in [0.1, 0.15) is 45.4 Å². The van der Waals surface area contributed by atoms with Crippen molar-refractivity contribution in [1.82, 2.24) is 5.32 Å². The molecule has 0 aromatic rings. The van der Waals surface area contributed by atoms with E-state index in [-0.39, 0.29) is 5.92 Å². The molecule has 0 amide bonds. The molecule has 0 saturated heterocycles. The number of hydrogen-bond acceptors (Lipinski definition) is 3. The summed E-state index contributed by atoms with van der Waals surface area (Å²) < 4.78 is 5.07. The summed E-state index contributed by atoms with van der Waals surface area (Å²) in [6.45, 7) is 2.97. The molecule has 1 saturated carbocycles.